The summed E-state index contributed by atoms with van der Waals surface area (Å²) < 4.78 is 32.8. The molecule has 3 aliphatic rings. The zero-order valence-electron chi connectivity index (χ0n) is 43.7. The average molecular weight is 1040 g/mol. The summed E-state index contributed by atoms with van der Waals surface area (Å²) in [6, 6.07) is 15.3. The van der Waals surface area contributed by atoms with Gasteiger partial charge in [-0.1, -0.05) is 17.7 Å². The number of aromatic nitrogens is 3. The number of ether oxygens (including phenoxy) is 1. The van der Waals surface area contributed by atoms with Gasteiger partial charge in [0.1, 0.15) is 40.7 Å². The van der Waals surface area contributed by atoms with Crippen LogP contribution in [0.15, 0.2) is 72.0 Å². The number of rotatable bonds is 15. The quantitative estimate of drug-likeness (QED) is 0.0761. The molecule has 3 saturated heterocycles. The Kier molecular flexibility index (Phi) is 23.6. The molecular weight excluding hydrogens is 964 g/mol. The van der Waals surface area contributed by atoms with Crippen LogP contribution < -0.4 is 19.9 Å². The first kappa shape index (κ1) is 59.1. The lowest BCUT2D eigenvalue weighted by Crippen LogP contribution is -2.42. The Morgan fingerprint density at radius 2 is 1.15 bits per heavy atom. The third-order valence-corrected chi connectivity index (χ3v) is 15.6. The minimum Gasteiger partial charge on any atom is -0.497 e. The summed E-state index contributed by atoms with van der Waals surface area (Å²) >= 11 is 5.38. The van der Waals surface area contributed by atoms with Crippen LogP contribution in [0, 0.1) is 34.1 Å². The molecule has 0 saturated carbocycles. The Morgan fingerprint density at radius 1 is 0.708 bits per heavy atom. The van der Waals surface area contributed by atoms with Crippen LogP contribution in [0.4, 0.5) is 23.0 Å². The number of anilines is 2. The van der Waals surface area contributed by atoms with Crippen molar-refractivity contribution in [1.29, 1.82) is 0 Å². The van der Waals surface area contributed by atoms with Crippen molar-refractivity contribution in [2.45, 2.75) is 88.2 Å². The first-order valence-electron chi connectivity index (χ1n) is 24.3. The maximum Gasteiger partial charge on any atom is 0.287 e. The highest BCUT2D eigenvalue weighted by Crippen LogP contribution is 2.28. The van der Waals surface area contributed by atoms with Crippen LogP contribution in [0.5, 0.6) is 5.75 Å². The summed E-state index contributed by atoms with van der Waals surface area (Å²) in [6.07, 6.45) is 11.6. The number of nitrogens with zero attached hydrogens (tertiary/aromatic N) is 11. The molecule has 4 aromatic rings. The Bertz CT molecular complexity index is 2410. The van der Waals surface area contributed by atoms with Crippen LogP contribution >= 0.6 is 11.6 Å². The molecule has 6 heterocycles. The topological polar surface area (TPSA) is 217 Å². The molecule has 3 fully saturated rings. The fourth-order valence-electron chi connectivity index (χ4n) is 8.71. The van der Waals surface area contributed by atoms with Gasteiger partial charge in [-0.25, -0.2) is 27.7 Å². The van der Waals surface area contributed by atoms with E-state index in [1.165, 1.54) is 61.7 Å². The number of methoxy groups -OCH3 is 1. The summed E-state index contributed by atoms with van der Waals surface area (Å²) in [5, 5.41) is 24.2. The fraction of sp³-hybridized carbons (Fsp3) is 0.560. The summed E-state index contributed by atoms with van der Waals surface area (Å²) in [7, 11) is 12.1. The molecule has 1 N–H and O–H groups in total. The van der Waals surface area contributed by atoms with Gasteiger partial charge in [-0.05, 0) is 155 Å². The van der Waals surface area contributed by atoms with E-state index in [4.69, 9.17) is 16.3 Å². The van der Waals surface area contributed by atoms with Crippen molar-refractivity contribution in [3.8, 4) is 5.75 Å². The summed E-state index contributed by atoms with van der Waals surface area (Å²) in [5.74, 6) is 2.37. The van der Waals surface area contributed by atoms with E-state index in [2.05, 4.69) is 87.1 Å². The molecular formula is C50H75ClN12O8S. The van der Waals surface area contributed by atoms with Crippen molar-refractivity contribution < 1.29 is 27.8 Å². The van der Waals surface area contributed by atoms with E-state index in [1.807, 2.05) is 12.1 Å². The maximum atomic E-state index is 13.1. The average Bonchev–Trinajstić information content (AvgIpc) is 3.36. The molecule has 7 rings (SSSR count). The van der Waals surface area contributed by atoms with E-state index in [1.54, 1.807) is 45.4 Å². The molecule has 20 nitrogen and oxygen atoms in total. The van der Waals surface area contributed by atoms with Crippen molar-refractivity contribution >= 4 is 50.4 Å². The van der Waals surface area contributed by atoms with E-state index in [9.17, 15) is 33.4 Å². The predicted octanol–water partition coefficient (Wildman–Crippen LogP) is 6.52. The lowest BCUT2D eigenvalue weighted by atomic mass is 10.0. The first-order chi connectivity index (χ1) is 34.1. The molecule has 0 amide bonds. The number of nitro groups is 2. The lowest BCUT2D eigenvalue weighted by Gasteiger charge is -2.35. The number of piperidine rings is 3. The maximum absolute atomic E-state index is 13.1. The van der Waals surface area contributed by atoms with Gasteiger partial charge in [0.2, 0.25) is 10.0 Å². The molecule has 72 heavy (non-hydrogen) atoms. The minimum absolute atomic E-state index is 0.0171. The lowest BCUT2D eigenvalue weighted by molar-refractivity contribution is -0.385. The molecule has 396 valence electrons. The first-order valence-corrected chi connectivity index (χ1v) is 26.1. The highest BCUT2D eigenvalue weighted by molar-refractivity contribution is 7.89. The molecule has 1 aromatic carbocycles. The van der Waals surface area contributed by atoms with E-state index in [-0.39, 0.29) is 46.6 Å². The molecule has 0 bridgehead atoms. The van der Waals surface area contributed by atoms with E-state index in [0.29, 0.717) is 29.0 Å². The number of carbonyl (C=O) groups is 1. The van der Waals surface area contributed by atoms with Gasteiger partial charge in [0.25, 0.3) is 11.4 Å². The van der Waals surface area contributed by atoms with Crippen LogP contribution in [-0.4, -0.2) is 178 Å². The van der Waals surface area contributed by atoms with Gasteiger partial charge in [0, 0.05) is 89.1 Å². The molecule has 0 atom stereocenters. The summed E-state index contributed by atoms with van der Waals surface area (Å²) in [4.78, 5) is 56.1. The minimum atomic E-state index is -3.72. The number of benzene rings is 1. The number of sulfonamides is 1. The Hall–Kier alpha value is -5.42. The van der Waals surface area contributed by atoms with E-state index >= 15 is 0 Å². The van der Waals surface area contributed by atoms with Crippen LogP contribution in [-0.2, 0) is 21.2 Å². The normalized spacial score (nSPS) is 15.8. The highest BCUT2D eigenvalue weighted by atomic mass is 35.5. The number of nitrogens with one attached hydrogen (secondary N) is 1. The van der Waals surface area contributed by atoms with Gasteiger partial charge in [0.15, 0.2) is 0 Å². The zero-order chi connectivity index (χ0) is 53.1. The molecule has 22 heteroatoms. The van der Waals surface area contributed by atoms with E-state index in [0.717, 1.165) is 81.3 Å². The molecule has 3 aliphatic heterocycles. The van der Waals surface area contributed by atoms with Gasteiger partial charge >= 0.3 is 0 Å². The Balaban J connectivity index is 0.000000248. The van der Waals surface area contributed by atoms with Crippen molar-refractivity contribution in [2.75, 3.05) is 112 Å². The second-order valence-corrected chi connectivity index (χ2v) is 21.3. The number of hydrogen-bond acceptors (Lipinski definition) is 17. The number of pyridine rings is 3. The Labute approximate surface area is 431 Å². The van der Waals surface area contributed by atoms with Crippen molar-refractivity contribution in [3.63, 3.8) is 0 Å². The van der Waals surface area contributed by atoms with Gasteiger partial charge in [0.05, 0.1) is 21.9 Å². The van der Waals surface area contributed by atoms with Gasteiger partial charge in [-0.15, -0.1) is 0 Å². The van der Waals surface area contributed by atoms with Crippen LogP contribution in [0.1, 0.15) is 61.6 Å². The largest absolute Gasteiger partial charge is 0.497 e. The number of ketones is 1. The van der Waals surface area contributed by atoms with Crippen LogP contribution in [0.25, 0.3) is 0 Å². The molecule has 0 aliphatic carbocycles. The number of aryl methyl sites for hydroxylation is 2. The number of halogens is 1. The van der Waals surface area contributed by atoms with Crippen LogP contribution in [0.3, 0.4) is 0 Å². The van der Waals surface area contributed by atoms with Gasteiger partial charge in [-0.3, -0.25) is 25.0 Å². The zero-order valence-corrected chi connectivity index (χ0v) is 45.2. The fourth-order valence-corrected chi connectivity index (χ4v) is 10.4. The second-order valence-electron chi connectivity index (χ2n) is 18.9. The van der Waals surface area contributed by atoms with Crippen molar-refractivity contribution in [1.82, 2.24) is 39.3 Å². The highest BCUT2D eigenvalue weighted by Gasteiger charge is 2.27. The SMILES string of the molecule is CN(C)C1CCN(c2ccc([N+](=O)[O-])cn2)CC1.CN(C)C1CCNCC1.COc1cc(C)c(S(=O)(=O)N(C)CCC(=O)Cc2ccc(N3CCC(N(C)C)CC3)nc2)c(C)c1.O=[N+]([O-])c1ccc(Cl)nc1. The third-order valence-electron chi connectivity index (χ3n) is 13.2. The van der Waals surface area contributed by atoms with Gasteiger partial charge in [-0.2, -0.15) is 0 Å². The smallest absolute Gasteiger partial charge is 0.287 e. The molecule has 0 spiro atoms. The van der Waals surface area contributed by atoms with E-state index < -0.39 is 19.9 Å². The third kappa shape index (κ3) is 18.3. The number of Topliss-reactive ketones (excluding diaryl/α,β-unsaturated/α-hetero) is 1. The monoisotopic (exact) mass is 1040 g/mol. The second kappa shape index (κ2) is 28.7. The Morgan fingerprint density at radius 3 is 1.53 bits per heavy atom. The van der Waals surface area contributed by atoms with Crippen LogP contribution in [0.2, 0.25) is 5.15 Å². The molecule has 3 aromatic heterocycles. The van der Waals surface area contributed by atoms with Gasteiger partial charge < -0.3 is 34.6 Å². The number of carbonyl (C=O) groups excluding carboxylic acids is 1. The molecule has 0 unspecified atom stereocenters. The number of hydrogen-bond donors (Lipinski definition) is 1. The van der Waals surface area contributed by atoms with Crippen molar-refractivity contribution in [2.24, 2.45) is 0 Å². The summed E-state index contributed by atoms with van der Waals surface area (Å²) in [6.45, 7) is 9.88. The summed E-state index contributed by atoms with van der Waals surface area (Å²) in [5.41, 5.74) is 2.08. The predicted molar refractivity (Wildman–Crippen MR) is 284 cm³/mol. The van der Waals surface area contributed by atoms with Crippen molar-refractivity contribution in [3.05, 3.63) is 109 Å². The molecule has 0 radical (unpaired) electrons. The standard InChI is InChI=1S/C26H38N4O4S.C12H18N4O2.C7H16N2.C5H3ClN2O2/c1-19-15-24(34-6)16-20(2)26(19)35(32,33)29(5)12-11-23(31)17-21-7-8-25(27-18-21)30-13-9-22(10-14-30)28(3)4;1-14(2)10-5-7-15(8-6-10)12-4-3-11(9-13-12)16(17)18;1-9(2)7-3-5-8-6-4-7;6-5-2-1-4(3-7-5)8(9)10/h7-8,15-16,18,22H,9-14,17H2,1-6H3;3-4,9-10H,5-8H2,1-2H3;7-8H,3-6H2,1-2H3;1-3H.